The van der Waals surface area contributed by atoms with Crippen molar-refractivity contribution in [3.8, 4) is 0 Å². The van der Waals surface area contributed by atoms with Crippen LogP contribution in [0.25, 0.3) is 0 Å². The molecule has 1 aliphatic rings. The summed E-state index contributed by atoms with van der Waals surface area (Å²) in [5, 5.41) is 1.71. The molecule has 0 unspecified atom stereocenters. The Balaban J connectivity index is 2.04. The summed E-state index contributed by atoms with van der Waals surface area (Å²) in [6.45, 7) is 17.0. The highest BCUT2D eigenvalue weighted by molar-refractivity contribution is 7.87. The van der Waals surface area contributed by atoms with Crippen LogP contribution in [-0.4, -0.2) is 43.3 Å². The number of allylic oxidation sites excluding steroid dienone is 1. The topological polar surface area (TPSA) is 61.8 Å². The molecule has 0 amide bonds. The van der Waals surface area contributed by atoms with Crippen LogP contribution < -0.4 is 10.4 Å². The van der Waals surface area contributed by atoms with E-state index >= 15 is 0 Å². The predicted octanol–water partition coefficient (Wildman–Crippen LogP) is 7.42. The molecule has 0 heterocycles. The maximum Gasteiger partial charge on any atom is 0.534 e. The van der Waals surface area contributed by atoms with E-state index in [-0.39, 0.29) is 41.4 Å². The van der Waals surface area contributed by atoms with Crippen LogP contribution in [0.15, 0.2) is 84.1 Å². The number of rotatable bonds is 9. The van der Waals surface area contributed by atoms with E-state index in [0.717, 1.165) is 10.4 Å². The molecule has 0 fully saturated rings. The van der Waals surface area contributed by atoms with E-state index in [1.165, 1.54) is 6.08 Å². The minimum Gasteiger partial charge on any atom is -0.413 e. The van der Waals surface area contributed by atoms with Crippen molar-refractivity contribution in [1.82, 2.24) is 0 Å². The predicted molar refractivity (Wildman–Crippen MR) is 167 cm³/mol. The molecule has 42 heavy (non-hydrogen) atoms. The first kappa shape index (κ1) is 34.3. The van der Waals surface area contributed by atoms with E-state index in [1.54, 1.807) is 6.08 Å². The van der Waals surface area contributed by atoms with E-state index in [9.17, 15) is 21.6 Å². The Morgan fingerprint density at radius 3 is 1.79 bits per heavy atom. The van der Waals surface area contributed by atoms with Crippen molar-refractivity contribution >= 4 is 37.1 Å². The molecule has 0 aromatic heterocycles. The lowest BCUT2D eigenvalue weighted by Crippen LogP contribution is -2.66. The molecule has 0 spiro atoms. The summed E-state index contributed by atoms with van der Waals surface area (Å²) in [6, 6.07) is 19.9. The van der Waals surface area contributed by atoms with Crippen LogP contribution >= 0.6 is 0 Å². The number of alkyl halides is 3. The Morgan fingerprint density at radius 1 is 0.857 bits per heavy atom. The molecule has 0 N–H and O–H groups in total. The average molecular weight is 641 g/mol. The van der Waals surface area contributed by atoms with Crippen molar-refractivity contribution in [3.05, 3.63) is 84.1 Å². The van der Waals surface area contributed by atoms with Crippen LogP contribution in [0.3, 0.4) is 0 Å². The molecule has 2 aromatic carbocycles. The molecule has 5 nitrogen and oxygen atoms in total. The summed E-state index contributed by atoms with van der Waals surface area (Å²) in [5.41, 5.74) is -5.23. The molecule has 2 aromatic rings. The van der Waals surface area contributed by atoms with Crippen LogP contribution in [-0.2, 0) is 23.2 Å². The normalized spacial score (nSPS) is 18.6. The molecule has 3 rings (SSSR count). The summed E-state index contributed by atoms with van der Waals surface area (Å²) in [4.78, 5) is 0. The number of benzene rings is 2. The smallest absolute Gasteiger partial charge is 0.413 e. The Kier molecular flexibility index (Phi) is 10.2. The van der Waals surface area contributed by atoms with Gasteiger partial charge in [-0.2, -0.15) is 21.6 Å². The van der Waals surface area contributed by atoms with Gasteiger partial charge in [0.2, 0.25) is 0 Å². The molecular weight excluding hydrogens is 598 g/mol. The van der Waals surface area contributed by atoms with Crippen molar-refractivity contribution in [2.75, 3.05) is 6.61 Å². The van der Waals surface area contributed by atoms with Gasteiger partial charge in [-0.3, -0.25) is 0 Å². The van der Waals surface area contributed by atoms with Gasteiger partial charge in [-0.25, -0.2) is 0 Å². The van der Waals surface area contributed by atoms with Crippen LogP contribution in [0.1, 0.15) is 54.4 Å². The third kappa shape index (κ3) is 7.47. The van der Waals surface area contributed by atoms with Crippen molar-refractivity contribution in [2.45, 2.75) is 89.2 Å². The zero-order valence-corrected chi connectivity index (χ0v) is 28.5. The van der Waals surface area contributed by atoms with E-state index in [2.05, 4.69) is 58.8 Å². The fourth-order valence-electron chi connectivity index (χ4n) is 4.95. The molecule has 0 saturated heterocycles. The molecule has 0 saturated carbocycles. The highest BCUT2D eigenvalue weighted by atomic mass is 32.2. The van der Waals surface area contributed by atoms with Gasteiger partial charge >= 0.3 is 15.6 Å². The van der Waals surface area contributed by atoms with E-state index in [0.29, 0.717) is 5.57 Å². The van der Waals surface area contributed by atoms with Crippen LogP contribution in [0.4, 0.5) is 13.2 Å². The summed E-state index contributed by atoms with van der Waals surface area (Å²) < 4.78 is 81.9. The van der Waals surface area contributed by atoms with E-state index < -0.39 is 32.3 Å². The first-order valence-corrected chi connectivity index (χ1v) is 20.3. The largest absolute Gasteiger partial charge is 0.534 e. The molecule has 0 bridgehead atoms. The second kappa shape index (κ2) is 12.4. The Labute approximate surface area is 251 Å². The number of hydrogen-bond donors (Lipinski definition) is 0. The summed E-state index contributed by atoms with van der Waals surface area (Å²) in [6.07, 6.45) is 3.15. The van der Waals surface area contributed by atoms with Crippen LogP contribution in [0, 0.1) is 0 Å². The SMILES string of the molecule is CC(C)(C)[Si](C)(C)O[C@H]1CC=C(OS(=O)(=O)C(F)(F)F)/C(=C/CO[Si](c2ccccc2)(c2ccccc2)C(C)(C)C)C1. The molecule has 1 aliphatic carbocycles. The van der Waals surface area contributed by atoms with Gasteiger partial charge in [0.15, 0.2) is 8.32 Å². The third-order valence-corrected chi connectivity index (χ3v) is 18.6. The molecule has 11 heteroatoms. The lowest BCUT2D eigenvalue weighted by molar-refractivity contribution is -0.0521. The summed E-state index contributed by atoms with van der Waals surface area (Å²) in [5.74, 6) is -0.326. The van der Waals surface area contributed by atoms with Crippen molar-refractivity contribution in [1.29, 1.82) is 0 Å². The van der Waals surface area contributed by atoms with Gasteiger partial charge in [0.25, 0.3) is 8.32 Å². The summed E-state index contributed by atoms with van der Waals surface area (Å²) in [7, 11) is -11.0. The second-order valence-corrected chi connectivity index (χ2v) is 23.8. The first-order chi connectivity index (χ1) is 19.2. The Bertz CT molecular complexity index is 1340. The van der Waals surface area contributed by atoms with Crippen molar-refractivity contribution < 1.29 is 34.6 Å². The zero-order valence-electron chi connectivity index (χ0n) is 25.7. The molecule has 0 aliphatic heterocycles. The average Bonchev–Trinajstić information content (AvgIpc) is 2.86. The Morgan fingerprint density at radius 2 is 1.36 bits per heavy atom. The maximum absolute atomic E-state index is 13.3. The lowest BCUT2D eigenvalue weighted by atomic mass is 9.97. The van der Waals surface area contributed by atoms with E-state index in [4.69, 9.17) is 8.85 Å². The van der Waals surface area contributed by atoms with E-state index in [1.807, 2.05) is 60.7 Å². The fourth-order valence-corrected chi connectivity index (χ4v) is 11.3. The van der Waals surface area contributed by atoms with Gasteiger partial charge in [0.05, 0.1) is 12.7 Å². The monoisotopic (exact) mass is 640 g/mol. The van der Waals surface area contributed by atoms with Gasteiger partial charge < -0.3 is 13.0 Å². The van der Waals surface area contributed by atoms with Gasteiger partial charge in [-0.1, -0.05) is 108 Å². The lowest BCUT2D eigenvalue weighted by Gasteiger charge is -2.43. The molecule has 1 atom stereocenters. The standard InChI is InChI=1S/C31H43F3O5SSi2/c1-29(2,3)41(7,8)39-25-19-20-28(38-40(35,36)31(32,33)34)24(23-25)21-22-37-42(30(4,5)6,26-15-11-9-12-16-26)27-17-13-10-14-18-27/h9-18,20-21,25H,19,22-23H2,1-8H3/b24-21+/t25-/m0/s1. The molecular formula is C31H43F3O5SSi2. The van der Waals surface area contributed by atoms with Crippen molar-refractivity contribution in [2.24, 2.45) is 0 Å². The van der Waals surface area contributed by atoms with Gasteiger partial charge in [0.1, 0.15) is 5.76 Å². The zero-order chi connectivity index (χ0) is 31.6. The number of halogens is 3. The minimum absolute atomic E-state index is 0.0438. The van der Waals surface area contributed by atoms with Gasteiger partial charge in [0, 0.05) is 6.42 Å². The highest BCUT2D eigenvalue weighted by Crippen LogP contribution is 2.41. The number of hydrogen-bond acceptors (Lipinski definition) is 5. The fraction of sp³-hybridized carbons (Fsp3) is 0.484. The van der Waals surface area contributed by atoms with Gasteiger partial charge in [-0.05, 0) is 51.6 Å². The Hall–Kier alpha value is -2.19. The van der Waals surface area contributed by atoms with Crippen LogP contribution in [0.2, 0.25) is 23.2 Å². The molecule has 0 radical (unpaired) electrons. The minimum atomic E-state index is -5.84. The molecule has 232 valence electrons. The van der Waals surface area contributed by atoms with Crippen molar-refractivity contribution in [3.63, 3.8) is 0 Å². The summed E-state index contributed by atoms with van der Waals surface area (Å²) >= 11 is 0. The van der Waals surface area contributed by atoms with Gasteiger partial charge in [-0.15, -0.1) is 0 Å². The highest BCUT2D eigenvalue weighted by Gasteiger charge is 2.51. The quantitative estimate of drug-likeness (QED) is 0.162. The third-order valence-electron chi connectivity index (χ3n) is 8.13. The first-order valence-electron chi connectivity index (χ1n) is 14.0. The second-order valence-electron chi connectivity index (χ2n) is 13.2. The van der Waals surface area contributed by atoms with Crippen LogP contribution in [0.5, 0.6) is 0 Å². The maximum atomic E-state index is 13.3.